The van der Waals surface area contributed by atoms with Crippen molar-refractivity contribution in [2.75, 3.05) is 7.05 Å². The lowest BCUT2D eigenvalue weighted by molar-refractivity contribution is 0.300. The van der Waals surface area contributed by atoms with E-state index >= 15 is 0 Å². The van der Waals surface area contributed by atoms with Gasteiger partial charge < -0.3 is 10.1 Å². The smallest absolute Gasteiger partial charge is 0.124 e. The van der Waals surface area contributed by atoms with Gasteiger partial charge in [-0.3, -0.25) is 4.68 Å². The van der Waals surface area contributed by atoms with Crippen LogP contribution < -0.4 is 10.1 Å². The van der Waals surface area contributed by atoms with Crippen molar-refractivity contribution in [3.05, 3.63) is 46.7 Å². The molecule has 1 N–H and O–H groups in total. The van der Waals surface area contributed by atoms with Crippen molar-refractivity contribution in [3.63, 3.8) is 0 Å². The van der Waals surface area contributed by atoms with Crippen LogP contribution in [0, 0.1) is 0 Å². The van der Waals surface area contributed by atoms with Gasteiger partial charge in [-0.1, -0.05) is 11.6 Å². The molecular weight excluding hydrogens is 274 g/mol. The lowest BCUT2D eigenvalue weighted by Crippen LogP contribution is -2.13. The lowest BCUT2D eigenvalue weighted by atomic mass is 10.1. The third-order valence-corrected chi connectivity index (χ3v) is 3.51. The van der Waals surface area contributed by atoms with Crippen LogP contribution in [0.1, 0.15) is 31.0 Å². The monoisotopic (exact) mass is 293 g/mol. The second kappa shape index (κ2) is 6.77. The molecule has 5 heteroatoms. The first-order valence-electron chi connectivity index (χ1n) is 6.75. The Hall–Kier alpha value is -1.52. The fourth-order valence-corrected chi connectivity index (χ4v) is 2.14. The molecule has 0 fully saturated rings. The van der Waals surface area contributed by atoms with E-state index < -0.39 is 0 Å². The van der Waals surface area contributed by atoms with E-state index in [0.29, 0.717) is 11.6 Å². The summed E-state index contributed by atoms with van der Waals surface area (Å²) in [4.78, 5) is 0. The first kappa shape index (κ1) is 14.9. The highest BCUT2D eigenvalue weighted by atomic mass is 35.5. The van der Waals surface area contributed by atoms with Crippen LogP contribution >= 0.6 is 11.6 Å². The summed E-state index contributed by atoms with van der Waals surface area (Å²) in [6, 6.07) is 5.88. The van der Waals surface area contributed by atoms with E-state index in [1.807, 2.05) is 42.3 Å². The van der Waals surface area contributed by atoms with Gasteiger partial charge in [-0.05, 0) is 39.1 Å². The summed E-state index contributed by atoms with van der Waals surface area (Å²) < 4.78 is 7.79. The zero-order chi connectivity index (χ0) is 14.5. The molecule has 0 saturated carbocycles. The Morgan fingerprint density at radius 1 is 1.45 bits per heavy atom. The molecule has 1 atom stereocenters. The highest BCUT2D eigenvalue weighted by Crippen LogP contribution is 2.28. The predicted octanol–water partition coefficient (Wildman–Crippen LogP) is 3.42. The first-order chi connectivity index (χ1) is 9.63. The van der Waals surface area contributed by atoms with Gasteiger partial charge in [0.1, 0.15) is 12.4 Å². The topological polar surface area (TPSA) is 39.1 Å². The fraction of sp³-hybridized carbons (Fsp3) is 0.400. The molecule has 0 aliphatic carbocycles. The maximum atomic E-state index is 6.06. The molecule has 0 spiro atoms. The number of halogens is 1. The Morgan fingerprint density at radius 3 is 2.90 bits per heavy atom. The van der Waals surface area contributed by atoms with Gasteiger partial charge in [0.2, 0.25) is 0 Å². The molecule has 2 aromatic rings. The lowest BCUT2D eigenvalue weighted by Gasteiger charge is -2.16. The molecule has 1 unspecified atom stereocenters. The zero-order valence-corrected chi connectivity index (χ0v) is 12.8. The van der Waals surface area contributed by atoms with Crippen LogP contribution in [0.2, 0.25) is 5.02 Å². The van der Waals surface area contributed by atoms with Gasteiger partial charge in [0, 0.05) is 34.9 Å². The van der Waals surface area contributed by atoms with Gasteiger partial charge in [0.05, 0.1) is 6.20 Å². The number of rotatable bonds is 6. The summed E-state index contributed by atoms with van der Waals surface area (Å²) in [6.07, 6.45) is 3.83. The molecule has 0 amide bonds. The van der Waals surface area contributed by atoms with Gasteiger partial charge in [0.25, 0.3) is 0 Å². The van der Waals surface area contributed by atoms with Crippen LogP contribution in [0.25, 0.3) is 0 Å². The summed E-state index contributed by atoms with van der Waals surface area (Å²) in [6.45, 7) is 5.51. The van der Waals surface area contributed by atoms with E-state index in [1.54, 1.807) is 0 Å². The van der Waals surface area contributed by atoms with Crippen molar-refractivity contribution in [3.8, 4) is 5.75 Å². The molecule has 20 heavy (non-hydrogen) atoms. The Balaban J connectivity index is 2.12. The Labute approximate surface area is 124 Å². The summed E-state index contributed by atoms with van der Waals surface area (Å²) in [7, 11) is 1.92. The van der Waals surface area contributed by atoms with Crippen molar-refractivity contribution >= 4 is 11.6 Å². The average molecular weight is 294 g/mol. The number of benzene rings is 1. The molecule has 1 aromatic carbocycles. The maximum absolute atomic E-state index is 6.06. The largest absolute Gasteiger partial charge is 0.488 e. The van der Waals surface area contributed by atoms with Crippen molar-refractivity contribution in [1.82, 2.24) is 15.1 Å². The molecular formula is C15H20ClN3O. The zero-order valence-electron chi connectivity index (χ0n) is 12.1. The molecule has 2 rings (SSSR count). The van der Waals surface area contributed by atoms with Crippen molar-refractivity contribution in [2.24, 2.45) is 0 Å². The molecule has 0 aliphatic rings. The Morgan fingerprint density at radius 2 is 2.25 bits per heavy atom. The normalized spacial score (nSPS) is 12.4. The van der Waals surface area contributed by atoms with Crippen LogP contribution in [0.4, 0.5) is 0 Å². The number of nitrogens with zero attached hydrogens (tertiary/aromatic N) is 2. The molecule has 1 heterocycles. The van der Waals surface area contributed by atoms with E-state index in [9.17, 15) is 0 Å². The summed E-state index contributed by atoms with van der Waals surface area (Å²) >= 11 is 6.06. The van der Waals surface area contributed by atoms with Crippen LogP contribution in [0.3, 0.4) is 0 Å². The van der Waals surface area contributed by atoms with Gasteiger partial charge >= 0.3 is 0 Å². The number of aryl methyl sites for hydroxylation is 1. The van der Waals surface area contributed by atoms with E-state index in [4.69, 9.17) is 16.3 Å². The van der Waals surface area contributed by atoms with Crippen LogP contribution in [-0.2, 0) is 13.2 Å². The van der Waals surface area contributed by atoms with Crippen molar-refractivity contribution in [2.45, 2.75) is 33.0 Å². The van der Waals surface area contributed by atoms with E-state index in [1.165, 1.54) is 0 Å². The Kier molecular flexibility index (Phi) is 5.04. The number of aromatic nitrogens is 2. The molecule has 0 bridgehead atoms. The fourth-order valence-electron chi connectivity index (χ4n) is 1.96. The van der Waals surface area contributed by atoms with E-state index in [-0.39, 0.29) is 6.04 Å². The van der Waals surface area contributed by atoms with Crippen LogP contribution in [0.15, 0.2) is 30.6 Å². The number of nitrogens with one attached hydrogen (secondary N) is 1. The second-order valence-electron chi connectivity index (χ2n) is 4.69. The molecule has 0 radical (unpaired) electrons. The molecule has 108 valence electrons. The quantitative estimate of drug-likeness (QED) is 0.887. The minimum Gasteiger partial charge on any atom is -0.488 e. The third-order valence-electron chi connectivity index (χ3n) is 3.28. The van der Waals surface area contributed by atoms with Gasteiger partial charge in [-0.25, -0.2) is 0 Å². The number of hydrogen-bond acceptors (Lipinski definition) is 3. The molecule has 0 saturated heterocycles. The number of hydrogen-bond donors (Lipinski definition) is 1. The summed E-state index contributed by atoms with van der Waals surface area (Å²) in [5.41, 5.74) is 2.12. The maximum Gasteiger partial charge on any atom is 0.124 e. The van der Waals surface area contributed by atoms with Gasteiger partial charge in [-0.2, -0.15) is 5.10 Å². The van der Waals surface area contributed by atoms with E-state index in [0.717, 1.165) is 23.4 Å². The highest BCUT2D eigenvalue weighted by Gasteiger charge is 2.11. The summed E-state index contributed by atoms with van der Waals surface area (Å²) in [5.74, 6) is 0.848. The van der Waals surface area contributed by atoms with Gasteiger partial charge in [0.15, 0.2) is 0 Å². The Bertz CT molecular complexity index is 568. The van der Waals surface area contributed by atoms with Crippen molar-refractivity contribution < 1.29 is 4.74 Å². The first-order valence-corrected chi connectivity index (χ1v) is 7.12. The van der Waals surface area contributed by atoms with Gasteiger partial charge in [-0.15, -0.1) is 0 Å². The van der Waals surface area contributed by atoms with E-state index in [2.05, 4.69) is 24.3 Å². The minimum absolute atomic E-state index is 0.182. The standard InChI is InChI=1S/C15H20ClN3O/c1-4-19-9-12(8-18-19)10-20-15-6-5-13(16)7-14(15)11(2)17-3/h5-9,11,17H,4,10H2,1-3H3. The predicted molar refractivity (Wildman–Crippen MR) is 81.2 cm³/mol. The molecule has 4 nitrogen and oxygen atoms in total. The van der Waals surface area contributed by atoms with Crippen LogP contribution in [-0.4, -0.2) is 16.8 Å². The second-order valence-corrected chi connectivity index (χ2v) is 5.12. The summed E-state index contributed by atoms with van der Waals surface area (Å²) in [5, 5.41) is 8.16. The molecule has 0 aliphatic heterocycles. The third kappa shape index (κ3) is 3.52. The molecule has 1 aromatic heterocycles. The minimum atomic E-state index is 0.182. The SMILES string of the molecule is CCn1cc(COc2ccc(Cl)cc2C(C)NC)cn1. The number of ether oxygens (including phenoxy) is 1. The van der Waals surface area contributed by atoms with Crippen molar-refractivity contribution in [1.29, 1.82) is 0 Å². The van der Waals surface area contributed by atoms with Crippen LogP contribution in [0.5, 0.6) is 5.75 Å². The highest BCUT2D eigenvalue weighted by molar-refractivity contribution is 6.30. The average Bonchev–Trinajstić information content (AvgIpc) is 2.93.